The fourth-order valence-corrected chi connectivity index (χ4v) is 2.86. The summed E-state index contributed by atoms with van der Waals surface area (Å²) in [6.07, 6.45) is 7.69. The van der Waals surface area contributed by atoms with Crippen molar-refractivity contribution in [1.29, 1.82) is 0 Å². The van der Waals surface area contributed by atoms with Gasteiger partial charge < -0.3 is 4.90 Å². The van der Waals surface area contributed by atoms with Gasteiger partial charge in [-0.15, -0.1) is 5.10 Å². The molecule has 5 heteroatoms. The Hall–Kier alpha value is -2.43. The van der Waals surface area contributed by atoms with Gasteiger partial charge in [-0.1, -0.05) is 17.3 Å². The van der Waals surface area contributed by atoms with E-state index in [1.165, 1.54) is 25.0 Å². The second-order valence-corrected chi connectivity index (χ2v) is 5.56. The third-order valence-electron chi connectivity index (χ3n) is 4.03. The lowest BCUT2D eigenvalue weighted by Gasteiger charge is -2.29. The van der Waals surface area contributed by atoms with E-state index < -0.39 is 0 Å². The quantitative estimate of drug-likeness (QED) is 0.642. The molecule has 1 saturated heterocycles. The Kier molecular flexibility index (Phi) is 4.32. The molecule has 22 heavy (non-hydrogen) atoms. The SMILES string of the molecule is C=N/C=C(\C=C(/C)N1CCCCC1)n1nnc2ccccc21. The number of allylic oxidation sites excluding steroid dienone is 3. The lowest BCUT2D eigenvalue weighted by Crippen LogP contribution is -2.28. The molecule has 1 aliphatic heterocycles. The molecule has 1 aromatic heterocycles. The summed E-state index contributed by atoms with van der Waals surface area (Å²) in [5.74, 6) is 0. The maximum atomic E-state index is 4.26. The zero-order valence-corrected chi connectivity index (χ0v) is 12.9. The van der Waals surface area contributed by atoms with Gasteiger partial charge in [-0.25, -0.2) is 4.68 Å². The van der Waals surface area contributed by atoms with Gasteiger partial charge in [0.2, 0.25) is 0 Å². The molecule has 0 N–H and O–H groups in total. The minimum atomic E-state index is 0.876. The number of hydrogen-bond acceptors (Lipinski definition) is 4. The van der Waals surface area contributed by atoms with Gasteiger partial charge in [-0.2, -0.15) is 0 Å². The first kappa shape index (κ1) is 14.5. The fourth-order valence-electron chi connectivity index (χ4n) is 2.86. The number of rotatable bonds is 4. The van der Waals surface area contributed by atoms with Crippen molar-refractivity contribution >= 4 is 23.4 Å². The molecule has 0 bridgehead atoms. The Bertz CT molecular complexity index is 719. The molecule has 0 unspecified atom stereocenters. The average Bonchev–Trinajstić information content (AvgIpc) is 2.99. The molecule has 0 spiro atoms. The number of nitrogens with zero attached hydrogens (tertiary/aromatic N) is 5. The van der Waals surface area contributed by atoms with Gasteiger partial charge in [0.05, 0.1) is 17.4 Å². The van der Waals surface area contributed by atoms with Crippen LogP contribution in [0.15, 0.2) is 47.2 Å². The highest BCUT2D eigenvalue weighted by Crippen LogP contribution is 2.20. The van der Waals surface area contributed by atoms with Crippen LogP contribution in [0.3, 0.4) is 0 Å². The van der Waals surface area contributed by atoms with Crippen molar-refractivity contribution in [1.82, 2.24) is 19.9 Å². The zero-order chi connectivity index (χ0) is 15.4. The van der Waals surface area contributed by atoms with Crippen molar-refractivity contribution < 1.29 is 0 Å². The van der Waals surface area contributed by atoms with Crippen LogP contribution < -0.4 is 0 Å². The van der Waals surface area contributed by atoms with Crippen LogP contribution in [0.4, 0.5) is 0 Å². The maximum absolute atomic E-state index is 4.26. The molecule has 2 aromatic rings. The standard InChI is InChI=1S/C17H21N5/c1-14(21-10-6-3-7-11-21)12-15(13-18-2)22-17-9-5-4-8-16(17)19-20-22/h4-5,8-9,12-13H,2-3,6-7,10-11H2,1H3/b14-12+,15-13+. The highest BCUT2D eigenvalue weighted by atomic mass is 15.4. The summed E-state index contributed by atoms with van der Waals surface area (Å²) in [7, 11) is 0. The van der Waals surface area contributed by atoms with Crippen molar-refractivity contribution in [3.05, 3.63) is 42.2 Å². The van der Waals surface area contributed by atoms with Crippen LogP contribution in [-0.2, 0) is 0 Å². The third kappa shape index (κ3) is 2.93. The Morgan fingerprint density at radius 1 is 1.23 bits per heavy atom. The van der Waals surface area contributed by atoms with E-state index in [9.17, 15) is 0 Å². The molecule has 1 aromatic carbocycles. The lowest BCUT2D eigenvalue weighted by molar-refractivity contribution is 0.286. The number of likely N-dealkylation sites (tertiary alicyclic amines) is 1. The number of aliphatic imine (C=N–C) groups is 1. The second-order valence-electron chi connectivity index (χ2n) is 5.56. The number of hydrogen-bond donors (Lipinski definition) is 0. The number of fused-ring (bicyclic) bond motifs is 1. The topological polar surface area (TPSA) is 46.3 Å². The van der Waals surface area contributed by atoms with Crippen LogP contribution in [0, 0.1) is 0 Å². The molecule has 1 fully saturated rings. The van der Waals surface area contributed by atoms with Crippen LogP contribution in [0.1, 0.15) is 26.2 Å². The molecule has 0 atom stereocenters. The molecule has 1 aliphatic rings. The highest BCUT2D eigenvalue weighted by molar-refractivity contribution is 5.79. The van der Waals surface area contributed by atoms with Gasteiger partial charge in [0.15, 0.2) is 0 Å². The molecule has 0 amide bonds. The van der Waals surface area contributed by atoms with Crippen LogP contribution in [-0.4, -0.2) is 39.7 Å². The van der Waals surface area contributed by atoms with E-state index in [1.54, 1.807) is 6.20 Å². The summed E-state index contributed by atoms with van der Waals surface area (Å²) in [5.41, 5.74) is 3.96. The first-order valence-electron chi connectivity index (χ1n) is 7.69. The molecular weight excluding hydrogens is 274 g/mol. The summed E-state index contributed by atoms with van der Waals surface area (Å²) >= 11 is 0. The minimum Gasteiger partial charge on any atom is -0.375 e. The average molecular weight is 295 g/mol. The number of aromatic nitrogens is 3. The minimum absolute atomic E-state index is 0.876. The van der Waals surface area contributed by atoms with Gasteiger partial charge in [-0.3, -0.25) is 4.99 Å². The van der Waals surface area contributed by atoms with E-state index in [0.717, 1.165) is 29.8 Å². The molecule has 0 saturated carbocycles. The summed E-state index contributed by atoms with van der Waals surface area (Å²) in [5, 5.41) is 8.47. The highest BCUT2D eigenvalue weighted by Gasteiger charge is 2.12. The van der Waals surface area contributed by atoms with Crippen LogP contribution in [0.2, 0.25) is 0 Å². The smallest absolute Gasteiger partial charge is 0.113 e. The molecular formula is C17H21N5. The van der Waals surface area contributed by atoms with Crippen LogP contribution >= 0.6 is 0 Å². The maximum Gasteiger partial charge on any atom is 0.113 e. The summed E-state index contributed by atoms with van der Waals surface area (Å²) in [6, 6.07) is 7.92. The van der Waals surface area contributed by atoms with Gasteiger partial charge in [0.25, 0.3) is 0 Å². The Morgan fingerprint density at radius 2 is 2.00 bits per heavy atom. The molecule has 2 heterocycles. The van der Waals surface area contributed by atoms with Crippen LogP contribution in [0.5, 0.6) is 0 Å². The Balaban J connectivity index is 1.96. The van der Waals surface area contributed by atoms with Gasteiger partial charge >= 0.3 is 0 Å². The first-order chi connectivity index (χ1) is 10.8. The van der Waals surface area contributed by atoms with Crippen molar-refractivity contribution in [2.75, 3.05) is 13.1 Å². The van der Waals surface area contributed by atoms with E-state index in [2.05, 4.69) is 39.9 Å². The normalized spacial score (nSPS) is 17.0. The number of para-hydroxylation sites is 1. The number of piperidine rings is 1. The lowest BCUT2D eigenvalue weighted by atomic mass is 10.1. The summed E-state index contributed by atoms with van der Waals surface area (Å²) in [6.45, 7) is 7.96. The Morgan fingerprint density at radius 3 is 2.77 bits per heavy atom. The largest absolute Gasteiger partial charge is 0.375 e. The van der Waals surface area contributed by atoms with Gasteiger partial charge in [-0.05, 0) is 51.1 Å². The monoisotopic (exact) mass is 295 g/mol. The van der Waals surface area contributed by atoms with Crippen molar-refractivity contribution in [2.45, 2.75) is 26.2 Å². The fraction of sp³-hybridized carbons (Fsp3) is 0.353. The van der Waals surface area contributed by atoms with E-state index in [0.29, 0.717) is 0 Å². The van der Waals surface area contributed by atoms with Gasteiger partial charge in [0.1, 0.15) is 5.52 Å². The van der Waals surface area contributed by atoms with E-state index in [-0.39, 0.29) is 0 Å². The summed E-state index contributed by atoms with van der Waals surface area (Å²) in [4.78, 5) is 6.35. The molecule has 3 rings (SSSR count). The molecule has 5 nitrogen and oxygen atoms in total. The van der Waals surface area contributed by atoms with Crippen molar-refractivity contribution in [2.24, 2.45) is 4.99 Å². The van der Waals surface area contributed by atoms with E-state index >= 15 is 0 Å². The molecule has 0 radical (unpaired) electrons. The van der Waals surface area contributed by atoms with Crippen LogP contribution in [0.25, 0.3) is 16.7 Å². The number of benzene rings is 1. The zero-order valence-electron chi connectivity index (χ0n) is 12.9. The van der Waals surface area contributed by atoms with Crippen molar-refractivity contribution in [3.8, 4) is 0 Å². The Labute approximate surface area is 130 Å². The third-order valence-corrected chi connectivity index (χ3v) is 4.03. The van der Waals surface area contributed by atoms with E-state index in [1.807, 2.05) is 28.9 Å². The molecule has 0 aliphatic carbocycles. The molecule has 114 valence electrons. The second kappa shape index (κ2) is 6.56. The predicted octanol–water partition coefficient (Wildman–Crippen LogP) is 3.32. The van der Waals surface area contributed by atoms with Gasteiger partial charge in [0, 0.05) is 18.8 Å². The summed E-state index contributed by atoms with van der Waals surface area (Å²) < 4.78 is 1.82. The predicted molar refractivity (Wildman–Crippen MR) is 90.5 cm³/mol. The van der Waals surface area contributed by atoms with E-state index in [4.69, 9.17) is 0 Å². The van der Waals surface area contributed by atoms with Crippen molar-refractivity contribution in [3.63, 3.8) is 0 Å². The first-order valence-corrected chi connectivity index (χ1v) is 7.69.